The Balaban J connectivity index is 3.04. The van der Waals surface area contributed by atoms with E-state index >= 15 is 0 Å². The fourth-order valence-corrected chi connectivity index (χ4v) is 1.75. The van der Waals surface area contributed by atoms with Crippen molar-refractivity contribution in [1.82, 2.24) is 0 Å². The first-order valence-electron chi connectivity index (χ1n) is 5.58. The number of carbonyl (C=O) groups is 1. The van der Waals surface area contributed by atoms with E-state index in [2.05, 4.69) is 18.7 Å². The summed E-state index contributed by atoms with van der Waals surface area (Å²) in [6.45, 7) is 7.94. The predicted octanol–water partition coefficient (Wildman–Crippen LogP) is 3.12. The van der Waals surface area contributed by atoms with Crippen LogP contribution in [0.25, 0.3) is 0 Å². The van der Waals surface area contributed by atoms with Gasteiger partial charge >= 0.3 is 0 Å². The van der Waals surface area contributed by atoms with Crippen LogP contribution in [0.3, 0.4) is 0 Å². The third-order valence-corrected chi connectivity index (χ3v) is 2.42. The van der Waals surface area contributed by atoms with Crippen LogP contribution in [-0.4, -0.2) is 19.4 Å². The van der Waals surface area contributed by atoms with Gasteiger partial charge in [0.05, 0.1) is 0 Å². The number of nitrogens with zero attached hydrogens (tertiary/aromatic N) is 1. The average Bonchev–Trinajstić information content (AvgIpc) is 2.25. The SMILES string of the molecule is CCN(CC(C)C)c1ccc(F)cc1C=O. The van der Waals surface area contributed by atoms with Gasteiger partial charge in [-0.25, -0.2) is 4.39 Å². The van der Waals surface area contributed by atoms with Crippen molar-refractivity contribution < 1.29 is 9.18 Å². The van der Waals surface area contributed by atoms with Crippen LogP contribution in [0.1, 0.15) is 31.1 Å². The van der Waals surface area contributed by atoms with E-state index in [9.17, 15) is 9.18 Å². The topological polar surface area (TPSA) is 20.3 Å². The maximum Gasteiger partial charge on any atom is 0.152 e. The molecular weight excluding hydrogens is 205 g/mol. The van der Waals surface area contributed by atoms with Gasteiger partial charge < -0.3 is 4.90 Å². The summed E-state index contributed by atoms with van der Waals surface area (Å²) in [6, 6.07) is 4.35. The van der Waals surface area contributed by atoms with Crippen LogP contribution in [0.4, 0.5) is 10.1 Å². The van der Waals surface area contributed by atoms with Gasteiger partial charge in [0.2, 0.25) is 0 Å². The van der Waals surface area contributed by atoms with Crippen molar-refractivity contribution in [3.05, 3.63) is 29.6 Å². The second-order valence-electron chi connectivity index (χ2n) is 4.25. The molecule has 0 aliphatic rings. The fraction of sp³-hybridized carbons (Fsp3) is 0.462. The predicted molar refractivity (Wildman–Crippen MR) is 64.5 cm³/mol. The highest BCUT2D eigenvalue weighted by molar-refractivity contribution is 5.84. The monoisotopic (exact) mass is 223 g/mol. The lowest BCUT2D eigenvalue weighted by Gasteiger charge is -2.26. The van der Waals surface area contributed by atoms with Gasteiger partial charge in [-0.1, -0.05) is 13.8 Å². The third kappa shape index (κ3) is 3.05. The zero-order valence-corrected chi connectivity index (χ0v) is 10.0. The minimum Gasteiger partial charge on any atom is -0.371 e. The van der Waals surface area contributed by atoms with Gasteiger partial charge in [-0.15, -0.1) is 0 Å². The van der Waals surface area contributed by atoms with E-state index in [-0.39, 0.29) is 5.82 Å². The molecule has 0 N–H and O–H groups in total. The maximum absolute atomic E-state index is 13.0. The van der Waals surface area contributed by atoms with Crippen LogP contribution < -0.4 is 4.90 Å². The molecule has 1 aromatic rings. The second-order valence-corrected chi connectivity index (χ2v) is 4.25. The van der Waals surface area contributed by atoms with Crippen molar-refractivity contribution in [2.45, 2.75) is 20.8 Å². The maximum atomic E-state index is 13.0. The molecule has 0 atom stereocenters. The van der Waals surface area contributed by atoms with Crippen LogP contribution in [0, 0.1) is 11.7 Å². The first-order chi connectivity index (χ1) is 7.58. The first-order valence-corrected chi connectivity index (χ1v) is 5.58. The summed E-state index contributed by atoms with van der Waals surface area (Å²) in [5.41, 5.74) is 1.23. The molecule has 0 amide bonds. The van der Waals surface area contributed by atoms with Crippen molar-refractivity contribution in [2.75, 3.05) is 18.0 Å². The van der Waals surface area contributed by atoms with E-state index in [1.54, 1.807) is 6.07 Å². The Kier molecular flexibility index (Phi) is 4.47. The highest BCUT2D eigenvalue weighted by Crippen LogP contribution is 2.21. The van der Waals surface area contributed by atoms with Crippen molar-refractivity contribution in [3.63, 3.8) is 0 Å². The summed E-state index contributed by atoms with van der Waals surface area (Å²) in [7, 11) is 0. The van der Waals surface area contributed by atoms with E-state index in [0.717, 1.165) is 18.8 Å². The molecule has 16 heavy (non-hydrogen) atoms. The molecule has 0 saturated carbocycles. The lowest BCUT2D eigenvalue weighted by Crippen LogP contribution is -2.28. The van der Waals surface area contributed by atoms with Gasteiger partial charge in [-0.05, 0) is 31.0 Å². The van der Waals surface area contributed by atoms with Gasteiger partial charge in [0.1, 0.15) is 5.82 Å². The second kappa shape index (κ2) is 5.64. The van der Waals surface area contributed by atoms with Gasteiger partial charge in [0, 0.05) is 24.3 Å². The van der Waals surface area contributed by atoms with Crippen LogP contribution >= 0.6 is 0 Å². The normalized spacial score (nSPS) is 10.6. The molecule has 0 radical (unpaired) electrons. The molecule has 0 unspecified atom stereocenters. The van der Waals surface area contributed by atoms with Crippen molar-refractivity contribution >= 4 is 12.0 Å². The molecule has 0 heterocycles. The van der Waals surface area contributed by atoms with Crippen LogP contribution in [0.15, 0.2) is 18.2 Å². The molecule has 0 aliphatic carbocycles. The smallest absolute Gasteiger partial charge is 0.152 e. The van der Waals surface area contributed by atoms with Gasteiger partial charge in [-0.2, -0.15) is 0 Å². The minimum absolute atomic E-state index is 0.369. The Bertz CT molecular complexity index is 363. The van der Waals surface area contributed by atoms with Gasteiger partial charge in [0.15, 0.2) is 6.29 Å². The molecule has 0 aliphatic heterocycles. The highest BCUT2D eigenvalue weighted by atomic mass is 19.1. The fourth-order valence-electron chi connectivity index (χ4n) is 1.75. The van der Waals surface area contributed by atoms with Gasteiger partial charge in [-0.3, -0.25) is 4.79 Å². The van der Waals surface area contributed by atoms with Crippen LogP contribution in [0.5, 0.6) is 0 Å². The molecule has 2 nitrogen and oxygen atoms in total. The number of rotatable bonds is 5. The Morgan fingerprint density at radius 2 is 2.12 bits per heavy atom. The van der Waals surface area contributed by atoms with Crippen LogP contribution in [0.2, 0.25) is 0 Å². The first kappa shape index (κ1) is 12.7. The number of hydrogen-bond donors (Lipinski definition) is 0. The molecule has 3 heteroatoms. The van der Waals surface area contributed by atoms with Crippen LogP contribution in [-0.2, 0) is 0 Å². The number of carbonyl (C=O) groups excluding carboxylic acids is 1. The molecule has 0 spiro atoms. The number of hydrogen-bond acceptors (Lipinski definition) is 2. The minimum atomic E-state index is -0.369. The molecule has 0 bridgehead atoms. The lowest BCUT2D eigenvalue weighted by molar-refractivity contribution is 0.112. The zero-order valence-electron chi connectivity index (χ0n) is 10.0. The van der Waals surface area contributed by atoms with Crippen molar-refractivity contribution in [2.24, 2.45) is 5.92 Å². The standard InChI is InChI=1S/C13H18FNO/c1-4-15(8-10(2)3)13-6-5-12(14)7-11(13)9-16/h5-7,9-10H,4,8H2,1-3H3. The molecule has 88 valence electrons. The third-order valence-electron chi connectivity index (χ3n) is 2.42. The number of aldehydes is 1. The van der Waals surface area contributed by atoms with Crippen molar-refractivity contribution in [3.8, 4) is 0 Å². The van der Waals surface area contributed by atoms with E-state index in [4.69, 9.17) is 0 Å². The number of anilines is 1. The Labute approximate surface area is 96.1 Å². The molecule has 0 aromatic heterocycles. The number of halogens is 1. The largest absolute Gasteiger partial charge is 0.371 e. The Hall–Kier alpha value is -1.38. The Morgan fingerprint density at radius 1 is 1.44 bits per heavy atom. The van der Waals surface area contributed by atoms with Crippen molar-refractivity contribution in [1.29, 1.82) is 0 Å². The average molecular weight is 223 g/mol. The molecule has 0 fully saturated rings. The molecule has 1 aromatic carbocycles. The summed E-state index contributed by atoms with van der Waals surface area (Å²) in [4.78, 5) is 13.0. The zero-order chi connectivity index (χ0) is 12.1. The molecular formula is C13H18FNO. The van der Waals surface area contributed by atoms with E-state index < -0.39 is 0 Å². The summed E-state index contributed by atoms with van der Waals surface area (Å²) in [6.07, 6.45) is 0.710. The molecule has 1 rings (SSSR count). The summed E-state index contributed by atoms with van der Waals surface area (Å²) in [5.74, 6) is 0.135. The van der Waals surface area contributed by atoms with E-state index in [0.29, 0.717) is 17.8 Å². The quantitative estimate of drug-likeness (QED) is 0.715. The van der Waals surface area contributed by atoms with E-state index in [1.165, 1.54) is 12.1 Å². The van der Waals surface area contributed by atoms with Gasteiger partial charge in [0.25, 0.3) is 0 Å². The highest BCUT2D eigenvalue weighted by Gasteiger charge is 2.11. The molecule has 0 saturated heterocycles. The summed E-state index contributed by atoms with van der Waals surface area (Å²) < 4.78 is 13.0. The lowest BCUT2D eigenvalue weighted by atomic mass is 10.1. The number of benzene rings is 1. The summed E-state index contributed by atoms with van der Waals surface area (Å²) in [5, 5.41) is 0. The Morgan fingerprint density at radius 3 is 2.62 bits per heavy atom. The van der Waals surface area contributed by atoms with E-state index in [1.807, 2.05) is 6.92 Å². The summed E-state index contributed by atoms with van der Waals surface area (Å²) >= 11 is 0.